The van der Waals surface area contributed by atoms with E-state index in [0.717, 1.165) is 25.8 Å². The summed E-state index contributed by atoms with van der Waals surface area (Å²) in [5.74, 6) is 0.433. The quantitative estimate of drug-likeness (QED) is 0.852. The molecule has 2 aromatic rings. The van der Waals surface area contributed by atoms with Crippen LogP contribution in [0.2, 0.25) is 0 Å². The molecule has 0 aromatic carbocycles. The lowest BCUT2D eigenvalue weighted by Crippen LogP contribution is -2.44. The van der Waals surface area contributed by atoms with Gasteiger partial charge in [-0.1, -0.05) is 0 Å². The van der Waals surface area contributed by atoms with Crippen molar-refractivity contribution in [3.05, 3.63) is 35.8 Å². The van der Waals surface area contributed by atoms with Crippen LogP contribution in [0.1, 0.15) is 40.2 Å². The van der Waals surface area contributed by atoms with E-state index in [1.54, 1.807) is 21.7 Å². The third kappa shape index (κ3) is 3.71. The minimum Gasteiger partial charge on any atom is -0.488 e. The maximum absolute atomic E-state index is 12.8. The smallest absolute Gasteiger partial charge is 0.274 e. The van der Waals surface area contributed by atoms with E-state index in [-0.39, 0.29) is 17.7 Å². The monoisotopic (exact) mass is 371 g/mol. The molecular formula is C18H21N5O4. The Labute approximate surface area is 156 Å². The fraction of sp³-hybridized carbons (Fsp3) is 0.444. The predicted molar refractivity (Wildman–Crippen MR) is 94.6 cm³/mol. The van der Waals surface area contributed by atoms with Gasteiger partial charge in [-0.25, -0.2) is 4.68 Å². The van der Waals surface area contributed by atoms with Crippen LogP contribution in [-0.2, 0) is 6.54 Å². The second-order valence-electron chi connectivity index (χ2n) is 6.67. The lowest BCUT2D eigenvalue weighted by Gasteiger charge is -2.32. The third-order valence-corrected chi connectivity index (χ3v) is 4.68. The molecule has 0 radical (unpaired) electrons. The van der Waals surface area contributed by atoms with Crippen LogP contribution in [0.5, 0.6) is 11.6 Å². The Morgan fingerprint density at radius 1 is 1.22 bits per heavy atom. The van der Waals surface area contributed by atoms with Crippen LogP contribution < -0.4 is 15.2 Å². The number of nitrogens with zero attached hydrogens (tertiary/aromatic N) is 4. The molecule has 2 amide bonds. The van der Waals surface area contributed by atoms with Gasteiger partial charge in [0.05, 0.1) is 13.2 Å². The van der Waals surface area contributed by atoms with Crippen LogP contribution in [0.15, 0.2) is 24.4 Å². The summed E-state index contributed by atoms with van der Waals surface area (Å²) in [5.41, 5.74) is 5.80. The van der Waals surface area contributed by atoms with Crippen molar-refractivity contribution in [3.63, 3.8) is 0 Å². The maximum atomic E-state index is 12.8. The van der Waals surface area contributed by atoms with Gasteiger partial charge in [-0.2, -0.15) is 5.10 Å². The van der Waals surface area contributed by atoms with Crippen LogP contribution >= 0.6 is 0 Å². The molecule has 142 valence electrons. The molecule has 2 aliphatic heterocycles. The number of hydrogen-bond donors (Lipinski definition) is 1. The molecule has 9 nitrogen and oxygen atoms in total. The summed E-state index contributed by atoms with van der Waals surface area (Å²) in [6, 6.07) is 4.89. The minimum atomic E-state index is -0.605. The zero-order valence-electron chi connectivity index (χ0n) is 14.8. The van der Waals surface area contributed by atoms with E-state index in [1.165, 1.54) is 12.3 Å². The highest BCUT2D eigenvalue weighted by atomic mass is 16.5. The minimum absolute atomic E-state index is 0.124. The first kappa shape index (κ1) is 17.3. The van der Waals surface area contributed by atoms with E-state index in [1.807, 2.05) is 0 Å². The number of amides is 2. The van der Waals surface area contributed by atoms with Gasteiger partial charge in [-0.05, 0) is 18.9 Å². The average molecular weight is 371 g/mol. The lowest BCUT2D eigenvalue weighted by molar-refractivity contribution is 0.0531. The molecule has 1 saturated heterocycles. The zero-order valence-corrected chi connectivity index (χ0v) is 14.8. The van der Waals surface area contributed by atoms with Gasteiger partial charge in [-0.3, -0.25) is 14.6 Å². The molecule has 4 heterocycles. The standard InChI is InChI=1S/C18H21N5O4/c19-17(24)14-9-12(4-5-20-14)27-13-3-1-6-22(11-13)18(25)15-10-16-23(21-15)7-2-8-26-16/h4-5,9-10,13H,1-3,6-8,11H2,(H2,19,24). The van der Waals surface area contributed by atoms with Crippen molar-refractivity contribution in [1.29, 1.82) is 0 Å². The number of aryl methyl sites for hydroxylation is 1. The van der Waals surface area contributed by atoms with Crippen LogP contribution in [0.4, 0.5) is 0 Å². The molecule has 0 saturated carbocycles. The summed E-state index contributed by atoms with van der Waals surface area (Å²) in [7, 11) is 0. The van der Waals surface area contributed by atoms with Gasteiger partial charge in [-0.15, -0.1) is 0 Å². The van der Waals surface area contributed by atoms with Gasteiger partial charge in [0.1, 0.15) is 17.5 Å². The summed E-state index contributed by atoms with van der Waals surface area (Å²) < 4.78 is 13.2. The van der Waals surface area contributed by atoms with Crippen molar-refractivity contribution < 1.29 is 19.1 Å². The molecule has 0 aliphatic carbocycles. The Bertz CT molecular complexity index is 842. The molecule has 1 unspecified atom stereocenters. The molecule has 2 aromatic heterocycles. The van der Waals surface area contributed by atoms with E-state index in [0.29, 0.717) is 37.0 Å². The Balaban J connectivity index is 1.43. The number of rotatable bonds is 4. The number of hydrogen-bond acceptors (Lipinski definition) is 6. The summed E-state index contributed by atoms with van der Waals surface area (Å²) in [6.07, 6.45) is 3.85. The highest BCUT2D eigenvalue weighted by Gasteiger charge is 2.28. The summed E-state index contributed by atoms with van der Waals surface area (Å²) >= 11 is 0. The number of carbonyl (C=O) groups is 2. The molecule has 27 heavy (non-hydrogen) atoms. The van der Waals surface area contributed by atoms with Gasteiger partial charge in [0, 0.05) is 37.8 Å². The van der Waals surface area contributed by atoms with Crippen LogP contribution in [0, 0.1) is 0 Å². The first-order valence-electron chi connectivity index (χ1n) is 9.02. The van der Waals surface area contributed by atoms with E-state index < -0.39 is 5.91 Å². The number of carbonyl (C=O) groups excluding carboxylic acids is 2. The summed E-state index contributed by atoms with van der Waals surface area (Å²) in [4.78, 5) is 29.7. The third-order valence-electron chi connectivity index (χ3n) is 4.68. The highest BCUT2D eigenvalue weighted by molar-refractivity contribution is 5.92. The topological polar surface area (TPSA) is 113 Å². The predicted octanol–water partition coefficient (Wildman–Crippen LogP) is 0.843. The molecule has 0 bridgehead atoms. The fourth-order valence-electron chi connectivity index (χ4n) is 3.36. The second-order valence-corrected chi connectivity index (χ2v) is 6.67. The van der Waals surface area contributed by atoms with Crippen molar-refractivity contribution in [2.24, 2.45) is 5.73 Å². The molecule has 0 spiro atoms. The van der Waals surface area contributed by atoms with Crippen molar-refractivity contribution in [1.82, 2.24) is 19.7 Å². The number of piperidine rings is 1. The van der Waals surface area contributed by atoms with Crippen LogP contribution in [0.3, 0.4) is 0 Å². The Morgan fingerprint density at radius 3 is 2.93 bits per heavy atom. The highest BCUT2D eigenvalue weighted by Crippen LogP contribution is 2.23. The first-order chi connectivity index (χ1) is 13.1. The summed E-state index contributed by atoms with van der Waals surface area (Å²) in [6.45, 7) is 2.53. The normalized spacial score (nSPS) is 19.1. The molecule has 4 rings (SSSR count). The molecule has 1 atom stereocenters. The Hall–Kier alpha value is -3.10. The van der Waals surface area contributed by atoms with Gasteiger partial charge < -0.3 is 20.1 Å². The Kier molecular flexibility index (Phi) is 4.66. The fourth-order valence-corrected chi connectivity index (χ4v) is 3.36. The average Bonchev–Trinajstić information content (AvgIpc) is 3.12. The molecular weight excluding hydrogens is 350 g/mol. The number of likely N-dealkylation sites (tertiary alicyclic amines) is 1. The molecule has 2 N–H and O–H groups in total. The molecule has 2 aliphatic rings. The maximum Gasteiger partial charge on any atom is 0.274 e. The molecule has 1 fully saturated rings. The van der Waals surface area contributed by atoms with Gasteiger partial charge in [0.25, 0.3) is 11.8 Å². The number of primary amides is 1. The van der Waals surface area contributed by atoms with Crippen LogP contribution in [-0.4, -0.2) is 57.3 Å². The van der Waals surface area contributed by atoms with E-state index in [4.69, 9.17) is 15.2 Å². The second kappa shape index (κ2) is 7.26. The van der Waals surface area contributed by atoms with Crippen LogP contribution in [0.25, 0.3) is 0 Å². The van der Waals surface area contributed by atoms with Gasteiger partial charge in [0.2, 0.25) is 5.88 Å². The summed E-state index contributed by atoms with van der Waals surface area (Å²) in [5, 5.41) is 4.37. The van der Waals surface area contributed by atoms with Crippen molar-refractivity contribution in [2.45, 2.75) is 31.9 Å². The Morgan fingerprint density at radius 2 is 2.11 bits per heavy atom. The van der Waals surface area contributed by atoms with Crippen molar-refractivity contribution in [3.8, 4) is 11.6 Å². The SMILES string of the molecule is NC(=O)c1cc(OC2CCCN(C(=O)c3cc4n(n3)CCCO4)C2)ccn1. The van der Waals surface area contributed by atoms with Crippen molar-refractivity contribution >= 4 is 11.8 Å². The first-order valence-corrected chi connectivity index (χ1v) is 9.02. The number of aromatic nitrogens is 3. The van der Waals surface area contributed by atoms with Gasteiger partial charge >= 0.3 is 0 Å². The van der Waals surface area contributed by atoms with E-state index in [9.17, 15) is 9.59 Å². The number of fused-ring (bicyclic) bond motifs is 1. The van der Waals surface area contributed by atoms with Gasteiger partial charge in [0.15, 0.2) is 5.69 Å². The van der Waals surface area contributed by atoms with Crippen molar-refractivity contribution in [2.75, 3.05) is 19.7 Å². The number of nitrogens with two attached hydrogens (primary N) is 1. The number of pyridine rings is 1. The molecule has 9 heteroatoms. The number of ether oxygens (including phenoxy) is 2. The lowest BCUT2D eigenvalue weighted by atomic mass is 10.1. The van der Waals surface area contributed by atoms with E-state index in [2.05, 4.69) is 10.1 Å². The zero-order chi connectivity index (χ0) is 18.8. The van der Waals surface area contributed by atoms with E-state index >= 15 is 0 Å². The largest absolute Gasteiger partial charge is 0.488 e.